The van der Waals surface area contributed by atoms with Gasteiger partial charge in [-0.2, -0.15) is 0 Å². The molecular formula is C20H30O3. The van der Waals surface area contributed by atoms with Gasteiger partial charge in [0.15, 0.2) is 0 Å². The molecule has 0 heterocycles. The summed E-state index contributed by atoms with van der Waals surface area (Å²) in [5, 5.41) is 0. The SMILES string of the molecule is CC(=O)OC1CCC2C3CCC4C(=O)CCC4(C)C3CCC12C. The van der Waals surface area contributed by atoms with E-state index in [1.807, 2.05) is 0 Å². The van der Waals surface area contributed by atoms with Crippen molar-refractivity contribution in [2.45, 2.75) is 78.2 Å². The largest absolute Gasteiger partial charge is 0.462 e. The van der Waals surface area contributed by atoms with E-state index in [1.54, 1.807) is 6.92 Å². The fraction of sp³-hybridized carbons (Fsp3) is 0.900. The number of esters is 1. The Labute approximate surface area is 139 Å². The molecule has 4 saturated carbocycles. The van der Waals surface area contributed by atoms with Gasteiger partial charge in [0.1, 0.15) is 11.9 Å². The van der Waals surface area contributed by atoms with Crippen LogP contribution in [-0.2, 0) is 14.3 Å². The molecule has 0 aliphatic heterocycles. The topological polar surface area (TPSA) is 43.4 Å². The molecule has 0 radical (unpaired) electrons. The molecule has 3 heteroatoms. The van der Waals surface area contributed by atoms with Crippen LogP contribution in [0.15, 0.2) is 0 Å². The van der Waals surface area contributed by atoms with E-state index in [0.29, 0.717) is 23.5 Å². The second-order valence-corrected chi connectivity index (χ2v) is 9.20. The Balaban J connectivity index is 1.61. The highest BCUT2D eigenvalue weighted by Crippen LogP contribution is 2.66. The summed E-state index contributed by atoms with van der Waals surface area (Å²) in [6.45, 7) is 6.31. The van der Waals surface area contributed by atoms with Crippen LogP contribution in [0.2, 0.25) is 0 Å². The van der Waals surface area contributed by atoms with Gasteiger partial charge in [0.05, 0.1) is 0 Å². The van der Waals surface area contributed by atoms with Gasteiger partial charge in [0.25, 0.3) is 0 Å². The van der Waals surface area contributed by atoms with E-state index < -0.39 is 0 Å². The number of hydrogen-bond donors (Lipinski definition) is 0. The van der Waals surface area contributed by atoms with Crippen LogP contribution in [0.4, 0.5) is 0 Å². The van der Waals surface area contributed by atoms with Crippen LogP contribution in [0.25, 0.3) is 0 Å². The third-order valence-corrected chi connectivity index (χ3v) is 8.39. The minimum absolute atomic E-state index is 0.113. The molecule has 0 amide bonds. The number of carbonyl (C=O) groups is 2. The van der Waals surface area contributed by atoms with Crippen LogP contribution in [0.3, 0.4) is 0 Å². The van der Waals surface area contributed by atoms with Gasteiger partial charge in [0.2, 0.25) is 0 Å². The molecule has 0 aromatic heterocycles. The monoisotopic (exact) mass is 318 g/mol. The zero-order chi connectivity index (χ0) is 16.4. The lowest BCUT2D eigenvalue weighted by Gasteiger charge is -2.56. The van der Waals surface area contributed by atoms with E-state index in [1.165, 1.54) is 19.3 Å². The molecule has 0 bridgehead atoms. The summed E-state index contributed by atoms with van der Waals surface area (Å²) >= 11 is 0. The highest BCUT2D eigenvalue weighted by atomic mass is 16.5. The first-order valence-corrected chi connectivity index (χ1v) is 9.56. The first-order chi connectivity index (χ1) is 10.9. The summed E-state index contributed by atoms with van der Waals surface area (Å²) < 4.78 is 5.70. The number of ether oxygens (including phenoxy) is 1. The van der Waals surface area contributed by atoms with Crippen LogP contribution in [0.1, 0.15) is 72.1 Å². The summed E-state index contributed by atoms with van der Waals surface area (Å²) in [5.74, 6) is 2.86. The lowest BCUT2D eigenvalue weighted by Crippen LogP contribution is -2.52. The summed E-state index contributed by atoms with van der Waals surface area (Å²) in [6.07, 6.45) is 8.94. The van der Waals surface area contributed by atoms with Crippen molar-refractivity contribution in [3.05, 3.63) is 0 Å². The molecule has 0 aromatic rings. The standard InChI is InChI=1S/C20H30O3/c1-12(21)23-18-7-6-14-13-4-5-16-17(22)9-11-19(16,2)15(13)8-10-20(14,18)3/h13-16,18H,4-11H2,1-3H3. The van der Waals surface area contributed by atoms with Gasteiger partial charge >= 0.3 is 5.97 Å². The van der Waals surface area contributed by atoms with Crippen LogP contribution >= 0.6 is 0 Å². The zero-order valence-electron chi connectivity index (χ0n) is 14.8. The molecule has 4 rings (SSSR count). The van der Waals surface area contributed by atoms with Gasteiger partial charge in [-0.25, -0.2) is 0 Å². The smallest absolute Gasteiger partial charge is 0.302 e. The number of fused-ring (bicyclic) bond motifs is 5. The predicted molar refractivity (Wildman–Crippen MR) is 87.7 cm³/mol. The fourth-order valence-electron chi connectivity index (χ4n) is 7.26. The second kappa shape index (κ2) is 5.07. The minimum Gasteiger partial charge on any atom is -0.462 e. The normalized spacial score (nSPS) is 51.8. The molecule has 7 unspecified atom stereocenters. The average molecular weight is 318 g/mol. The summed E-state index contributed by atoms with van der Waals surface area (Å²) in [6, 6.07) is 0. The zero-order valence-corrected chi connectivity index (χ0v) is 14.8. The van der Waals surface area contributed by atoms with E-state index in [0.717, 1.165) is 38.0 Å². The summed E-state index contributed by atoms with van der Waals surface area (Å²) in [7, 11) is 0. The van der Waals surface area contributed by atoms with Crippen molar-refractivity contribution in [2.24, 2.45) is 34.5 Å². The van der Waals surface area contributed by atoms with Crippen molar-refractivity contribution in [3.8, 4) is 0 Å². The van der Waals surface area contributed by atoms with Crippen molar-refractivity contribution >= 4 is 11.8 Å². The molecule has 0 N–H and O–H groups in total. The maximum absolute atomic E-state index is 12.3. The van der Waals surface area contributed by atoms with Crippen molar-refractivity contribution in [1.82, 2.24) is 0 Å². The number of hydrogen-bond acceptors (Lipinski definition) is 3. The first kappa shape index (κ1) is 15.7. The molecule has 0 saturated heterocycles. The van der Waals surface area contributed by atoms with Gasteiger partial charge in [-0.1, -0.05) is 13.8 Å². The molecule has 4 aliphatic rings. The lowest BCUT2D eigenvalue weighted by molar-refractivity contribution is -0.159. The minimum atomic E-state index is -0.129. The Hall–Kier alpha value is -0.860. The number of Topliss-reactive ketones (excluding diaryl/α,β-unsaturated/α-hetero) is 1. The fourth-order valence-corrected chi connectivity index (χ4v) is 7.26. The Morgan fingerprint density at radius 2 is 1.74 bits per heavy atom. The van der Waals surface area contributed by atoms with Crippen LogP contribution < -0.4 is 0 Å². The molecule has 0 spiro atoms. The molecular weight excluding hydrogens is 288 g/mol. The highest BCUT2D eigenvalue weighted by Gasteiger charge is 2.62. The van der Waals surface area contributed by atoms with E-state index >= 15 is 0 Å². The van der Waals surface area contributed by atoms with Gasteiger partial charge in [-0.15, -0.1) is 0 Å². The number of carbonyl (C=O) groups excluding carboxylic acids is 2. The Morgan fingerprint density at radius 3 is 2.48 bits per heavy atom. The molecule has 0 aromatic carbocycles. The average Bonchev–Trinajstić information content (AvgIpc) is 2.97. The molecule has 4 aliphatic carbocycles. The van der Waals surface area contributed by atoms with Crippen LogP contribution in [-0.4, -0.2) is 17.9 Å². The summed E-state index contributed by atoms with van der Waals surface area (Å²) in [4.78, 5) is 23.8. The van der Waals surface area contributed by atoms with Crippen molar-refractivity contribution in [2.75, 3.05) is 0 Å². The van der Waals surface area contributed by atoms with Crippen LogP contribution in [0, 0.1) is 34.5 Å². The quantitative estimate of drug-likeness (QED) is 0.682. The van der Waals surface area contributed by atoms with Gasteiger partial charge < -0.3 is 4.74 Å². The predicted octanol–water partition coefficient (Wildman–Crippen LogP) is 4.14. The van der Waals surface area contributed by atoms with E-state index in [-0.39, 0.29) is 22.9 Å². The lowest BCUT2D eigenvalue weighted by atomic mass is 9.48. The Bertz CT molecular complexity index is 541. The number of rotatable bonds is 1. The van der Waals surface area contributed by atoms with E-state index in [4.69, 9.17) is 4.74 Å². The maximum atomic E-state index is 12.3. The molecule has 7 atom stereocenters. The molecule has 3 nitrogen and oxygen atoms in total. The van der Waals surface area contributed by atoms with Crippen molar-refractivity contribution < 1.29 is 14.3 Å². The molecule has 128 valence electrons. The third kappa shape index (κ3) is 2.07. The third-order valence-electron chi connectivity index (χ3n) is 8.39. The molecule has 23 heavy (non-hydrogen) atoms. The van der Waals surface area contributed by atoms with Crippen molar-refractivity contribution in [1.29, 1.82) is 0 Å². The van der Waals surface area contributed by atoms with E-state index in [9.17, 15) is 9.59 Å². The second-order valence-electron chi connectivity index (χ2n) is 9.20. The maximum Gasteiger partial charge on any atom is 0.302 e. The van der Waals surface area contributed by atoms with Gasteiger partial charge in [0, 0.05) is 24.7 Å². The van der Waals surface area contributed by atoms with Gasteiger partial charge in [-0.05, 0) is 68.1 Å². The highest BCUT2D eigenvalue weighted by molar-refractivity contribution is 5.84. The van der Waals surface area contributed by atoms with Gasteiger partial charge in [-0.3, -0.25) is 9.59 Å². The first-order valence-electron chi connectivity index (χ1n) is 9.56. The summed E-state index contributed by atoms with van der Waals surface area (Å²) in [5.41, 5.74) is 0.416. The van der Waals surface area contributed by atoms with Crippen molar-refractivity contribution in [3.63, 3.8) is 0 Å². The van der Waals surface area contributed by atoms with Crippen LogP contribution in [0.5, 0.6) is 0 Å². The Kier molecular flexibility index (Phi) is 3.45. The Morgan fingerprint density at radius 1 is 1.00 bits per heavy atom. The van der Waals surface area contributed by atoms with E-state index in [2.05, 4.69) is 13.8 Å². The number of ketones is 1. The molecule has 4 fully saturated rings.